The lowest BCUT2D eigenvalue weighted by atomic mass is 9.95. The highest BCUT2D eigenvalue weighted by Crippen LogP contribution is 2.28. The second kappa shape index (κ2) is 8.68. The number of ether oxygens (including phenoxy) is 3. The highest BCUT2D eigenvalue weighted by molar-refractivity contribution is 5.95. The van der Waals surface area contributed by atoms with E-state index in [1.165, 1.54) is 0 Å². The summed E-state index contributed by atoms with van der Waals surface area (Å²) in [5.74, 6) is -1.09. The van der Waals surface area contributed by atoms with Crippen LogP contribution in [-0.2, 0) is 23.8 Å². The molecule has 1 saturated heterocycles. The number of hydrogen-bond acceptors (Lipinski definition) is 6. The molecule has 1 aromatic carbocycles. The van der Waals surface area contributed by atoms with Crippen LogP contribution in [0.5, 0.6) is 0 Å². The fourth-order valence-electron chi connectivity index (χ4n) is 3.08. The van der Waals surface area contributed by atoms with Gasteiger partial charge in [0.25, 0.3) is 0 Å². The first-order valence-corrected chi connectivity index (χ1v) is 8.91. The molecular weight excluding hydrogens is 352 g/mol. The molecule has 144 valence electrons. The Labute approximate surface area is 156 Å². The van der Waals surface area contributed by atoms with E-state index in [2.05, 4.69) is 10.6 Å². The third-order valence-corrected chi connectivity index (χ3v) is 4.33. The van der Waals surface area contributed by atoms with Crippen LogP contribution in [0, 0.1) is 0 Å². The first-order chi connectivity index (χ1) is 13.1. The van der Waals surface area contributed by atoms with Gasteiger partial charge in [-0.3, -0.25) is 0 Å². The van der Waals surface area contributed by atoms with Crippen molar-refractivity contribution >= 4 is 18.0 Å². The molecule has 2 atom stereocenters. The van der Waals surface area contributed by atoms with Crippen LogP contribution in [0.2, 0.25) is 0 Å². The molecule has 1 fully saturated rings. The third-order valence-electron chi connectivity index (χ3n) is 4.33. The number of nitrogens with one attached hydrogen (secondary N) is 2. The summed E-state index contributed by atoms with van der Waals surface area (Å²) in [6.07, 6.45) is 0.801. The molecule has 2 heterocycles. The minimum atomic E-state index is -0.699. The number of urea groups is 1. The zero-order valence-corrected chi connectivity index (χ0v) is 15.0. The van der Waals surface area contributed by atoms with Gasteiger partial charge >= 0.3 is 18.0 Å². The Balaban J connectivity index is 1.87. The zero-order chi connectivity index (χ0) is 19.2. The van der Waals surface area contributed by atoms with Crippen molar-refractivity contribution < 1.29 is 28.6 Å². The summed E-state index contributed by atoms with van der Waals surface area (Å²) in [4.78, 5) is 36.8. The van der Waals surface area contributed by atoms with Crippen LogP contribution in [0.4, 0.5) is 4.79 Å². The van der Waals surface area contributed by atoms with Gasteiger partial charge in [0.05, 0.1) is 23.9 Å². The molecule has 2 aliphatic heterocycles. The van der Waals surface area contributed by atoms with Crippen molar-refractivity contribution in [1.29, 1.82) is 0 Å². The van der Waals surface area contributed by atoms with Crippen molar-refractivity contribution in [2.45, 2.75) is 31.9 Å². The van der Waals surface area contributed by atoms with E-state index in [4.69, 9.17) is 14.2 Å². The summed E-state index contributed by atoms with van der Waals surface area (Å²) in [5.41, 5.74) is 1.14. The Morgan fingerprint density at radius 1 is 1.22 bits per heavy atom. The minimum absolute atomic E-state index is 0.181. The molecule has 3 rings (SSSR count). The summed E-state index contributed by atoms with van der Waals surface area (Å²) in [5, 5.41) is 5.28. The number of amides is 2. The van der Waals surface area contributed by atoms with Gasteiger partial charge in [-0.2, -0.15) is 0 Å². The van der Waals surface area contributed by atoms with Crippen LogP contribution < -0.4 is 10.6 Å². The minimum Gasteiger partial charge on any atom is -0.463 e. The normalized spacial score (nSPS) is 22.0. The molecule has 2 N–H and O–H groups in total. The average molecular weight is 374 g/mol. The van der Waals surface area contributed by atoms with E-state index in [1.54, 1.807) is 19.1 Å². The molecule has 0 bridgehead atoms. The molecule has 0 saturated carbocycles. The van der Waals surface area contributed by atoms with Crippen molar-refractivity contribution in [3.63, 3.8) is 0 Å². The van der Waals surface area contributed by atoms with Crippen LogP contribution in [-0.4, -0.2) is 43.9 Å². The van der Waals surface area contributed by atoms with Crippen LogP contribution in [0.1, 0.15) is 31.4 Å². The SMILES string of the molecule is CCOC(=O)C1=C(COC(=O)[C@H]2CCCO2)NC(=O)N[C@@H]1c1ccccc1. The van der Waals surface area contributed by atoms with Gasteiger partial charge in [0.15, 0.2) is 6.10 Å². The molecule has 0 aromatic heterocycles. The third kappa shape index (κ3) is 4.46. The lowest BCUT2D eigenvalue weighted by molar-refractivity contribution is -0.153. The Bertz CT molecular complexity index is 740. The van der Waals surface area contributed by atoms with Gasteiger partial charge in [0, 0.05) is 6.61 Å². The van der Waals surface area contributed by atoms with E-state index in [9.17, 15) is 14.4 Å². The second-order valence-corrected chi connectivity index (χ2v) is 6.16. The Morgan fingerprint density at radius 3 is 2.67 bits per heavy atom. The van der Waals surface area contributed by atoms with E-state index in [0.717, 1.165) is 12.0 Å². The highest BCUT2D eigenvalue weighted by Gasteiger charge is 2.34. The average Bonchev–Trinajstić information content (AvgIpc) is 3.21. The first-order valence-electron chi connectivity index (χ1n) is 8.91. The number of carbonyl (C=O) groups is 3. The lowest BCUT2D eigenvalue weighted by Crippen LogP contribution is -2.47. The maximum absolute atomic E-state index is 12.6. The summed E-state index contributed by atoms with van der Waals surface area (Å²) < 4.78 is 15.7. The van der Waals surface area contributed by atoms with Gasteiger partial charge in [-0.05, 0) is 25.3 Å². The fourth-order valence-corrected chi connectivity index (χ4v) is 3.08. The molecule has 8 heteroatoms. The number of hydrogen-bond donors (Lipinski definition) is 2. The summed E-state index contributed by atoms with van der Waals surface area (Å²) in [7, 11) is 0. The van der Waals surface area contributed by atoms with E-state index < -0.39 is 30.1 Å². The Morgan fingerprint density at radius 2 is 2.00 bits per heavy atom. The quantitative estimate of drug-likeness (QED) is 0.733. The molecule has 0 spiro atoms. The van der Waals surface area contributed by atoms with E-state index in [0.29, 0.717) is 13.0 Å². The van der Waals surface area contributed by atoms with Gasteiger partial charge in [-0.15, -0.1) is 0 Å². The van der Waals surface area contributed by atoms with Crippen LogP contribution >= 0.6 is 0 Å². The number of rotatable bonds is 6. The lowest BCUT2D eigenvalue weighted by Gasteiger charge is -2.29. The largest absolute Gasteiger partial charge is 0.463 e. The number of esters is 2. The molecule has 0 unspecified atom stereocenters. The number of carbonyl (C=O) groups excluding carboxylic acids is 3. The molecule has 0 aliphatic carbocycles. The molecule has 2 aliphatic rings. The van der Waals surface area contributed by atoms with Gasteiger partial charge in [-0.1, -0.05) is 30.3 Å². The molecule has 0 radical (unpaired) electrons. The Kier molecular flexibility index (Phi) is 6.08. The van der Waals surface area contributed by atoms with Crippen molar-refractivity contribution in [2.75, 3.05) is 19.8 Å². The fraction of sp³-hybridized carbons (Fsp3) is 0.421. The molecule has 2 amide bonds. The molecule has 1 aromatic rings. The highest BCUT2D eigenvalue weighted by atomic mass is 16.6. The van der Waals surface area contributed by atoms with Crippen LogP contribution in [0.25, 0.3) is 0 Å². The predicted octanol–water partition coefficient (Wildman–Crippen LogP) is 1.58. The number of benzene rings is 1. The van der Waals surface area contributed by atoms with Crippen molar-refractivity contribution in [3.05, 3.63) is 47.2 Å². The second-order valence-electron chi connectivity index (χ2n) is 6.16. The van der Waals surface area contributed by atoms with Crippen LogP contribution in [0.3, 0.4) is 0 Å². The van der Waals surface area contributed by atoms with Gasteiger partial charge < -0.3 is 24.8 Å². The standard InChI is InChI=1S/C19H22N2O6/c1-2-25-18(23)15-13(11-27-17(22)14-9-6-10-26-14)20-19(24)21-16(15)12-7-4-3-5-8-12/h3-5,7-8,14,16H,2,6,9-11H2,1H3,(H2,20,21,24)/t14-,16-/m1/s1. The molecular formula is C19H22N2O6. The van der Waals surface area contributed by atoms with E-state index >= 15 is 0 Å². The van der Waals surface area contributed by atoms with Crippen LogP contribution in [0.15, 0.2) is 41.6 Å². The molecule has 27 heavy (non-hydrogen) atoms. The predicted molar refractivity (Wildman–Crippen MR) is 94.4 cm³/mol. The first kappa shape index (κ1) is 18.9. The topological polar surface area (TPSA) is 103 Å². The summed E-state index contributed by atoms with van der Waals surface area (Å²) in [6.45, 7) is 2.15. The summed E-state index contributed by atoms with van der Waals surface area (Å²) in [6, 6.07) is 7.87. The summed E-state index contributed by atoms with van der Waals surface area (Å²) >= 11 is 0. The zero-order valence-electron chi connectivity index (χ0n) is 15.0. The molecule has 8 nitrogen and oxygen atoms in total. The monoisotopic (exact) mass is 374 g/mol. The van der Waals surface area contributed by atoms with Gasteiger partial charge in [0.1, 0.15) is 6.61 Å². The van der Waals surface area contributed by atoms with Gasteiger partial charge in [0.2, 0.25) is 0 Å². The smallest absolute Gasteiger partial charge is 0.338 e. The Hall–Kier alpha value is -2.87. The van der Waals surface area contributed by atoms with Crippen molar-refractivity contribution in [2.24, 2.45) is 0 Å². The van der Waals surface area contributed by atoms with Crippen molar-refractivity contribution in [1.82, 2.24) is 10.6 Å². The maximum Gasteiger partial charge on any atom is 0.338 e. The van der Waals surface area contributed by atoms with E-state index in [1.807, 2.05) is 18.2 Å². The maximum atomic E-state index is 12.6. The van der Waals surface area contributed by atoms with E-state index in [-0.39, 0.29) is 24.5 Å². The van der Waals surface area contributed by atoms with Gasteiger partial charge in [-0.25, -0.2) is 14.4 Å². The van der Waals surface area contributed by atoms with Crippen molar-refractivity contribution in [3.8, 4) is 0 Å².